The lowest BCUT2D eigenvalue weighted by atomic mass is 9.87. The first-order valence-corrected chi connectivity index (χ1v) is 22.2. The Bertz CT molecular complexity index is 1440. The van der Waals surface area contributed by atoms with Gasteiger partial charge in [0, 0.05) is 59.8 Å². The zero-order valence-corrected chi connectivity index (χ0v) is 27.7. The summed E-state index contributed by atoms with van der Waals surface area (Å²) in [6, 6.07) is 8.60. The summed E-state index contributed by atoms with van der Waals surface area (Å²) in [5.41, 5.74) is 7.39. The fraction of sp³-hybridized carbons (Fsp3) is 0.633. The number of ether oxygens (including phenoxy) is 2. The molecule has 0 saturated heterocycles. The Morgan fingerprint density at radius 1 is 1.15 bits per heavy atom. The first-order chi connectivity index (χ1) is 18.8. The van der Waals surface area contributed by atoms with Crippen molar-refractivity contribution in [2.75, 3.05) is 25.6 Å². The van der Waals surface area contributed by atoms with E-state index < -0.39 is 16.1 Å². The number of imidazole rings is 1. The van der Waals surface area contributed by atoms with E-state index in [2.05, 4.69) is 71.8 Å². The summed E-state index contributed by atoms with van der Waals surface area (Å²) in [4.78, 5) is 3.68. The third-order valence-corrected chi connectivity index (χ3v) is 12.1. The molecule has 1 saturated carbocycles. The van der Waals surface area contributed by atoms with E-state index in [4.69, 9.17) is 14.6 Å². The van der Waals surface area contributed by atoms with E-state index in [1.165, 1.54) is 17.7 Å². The van der Waals surface area contributed by atoms with Crippen molar-refractivity contribution in [3.8, 4) is 17.6 Å². The average Bonchev–Trinajstić information content (AvgIpc) is 3.24. The molecule has 216 valence electrons. The zero-order chi connectivity index (χ0) is 28.9. The molecule has 0 spiro atoms. The Hall–Kier alpha value is -2.46. The predicted molar refractivity (Wildman–Crippen MR) is 166 cm³/mol. The highest BCUT2D eigenvalue weighted by Crippen LogP contribution is 2.60. The van der Waals surface area contributed by atoms with Gasteiger partial charge in [-0.05, 0) is 42.7 Å². The number of nitrogens with zero attached hydrogens (tertiary/aromatic N) is 4. The summed E-state index contributed by atoms with van der Waals surface area (Å²) in [6.45, 7) is 19.1. The van der Waals surface area contributed by atoms with E-state index >= 15 is 0 Å². The summed E-state index contributed by atoms with van der Waals surface area (Å²) in [7, 11) is -0.520. The number of aromatic nitrogens is 4. The minimum absolute atomic E-state index is 0.389. The fourth-order valence-corrected chi connectivity index (χ4v) is 7.34. The third-order valence-electron chi connectivity index (χ3n) is 8.72. The van der Waals surface area contributed by atoms with Crippen LogP contribution in [-0.2, 0) is 35.8 Å². The number of hydrogen-bond donors (Lipinski definition) is 2. The van der Waals surface area contributed by atoms with Gasteiger partial charge in [-0.2, -0.15) is 14.9 Å². The normalized spacial score (nSPS) is 20.3. The fourth-order valence-electron chi connectivity index (χ4n) is 5.82. The topological polar surface area (TPSA) is 91.8 Å². The Kier molecular flexibility index (Phi) is 7.80. The molecule has 40 heavy (non-hydrogen) atoms. The quantitative estimate of drug-likeness (QED) is 0.156. The summed E-state index contributed by atoms with van der Waals surface area (Å²) < 4.78 is 16.8. The first-order valence-electron chi connectivity index (χ1n) is 14.7. The van der Waals surface area contributed by atoms with Crippen molar-refractivity contribution < 1.29 is 14.0 Å². The van der Waals surface area contributed by atoms with E-state index in [-0.39, 0.29) is 0 Å². The van der Waals surface area contributed by atoms with Crippen LogP contribution >= 0.6 is 0 Å². The maximum absolute atomic E-state index is 9.84. The number of nitriles is 1. The van der Waals surface area contributed by atoms with Gasteiger partial charge in [0.1, 0.15) is 12.8 Å². The second kappa shape index (κ2) is 10.7. The van der Waals surface area contributed by atoms with Crippen LogP contribution in [-0.4, -0.2) is 51.2 Å². The van der Waals surface area contributed by atoms with Gasteiger partial charge in [0.25, 0.3) is 0 Å². The summed E-state index contributed by atoms with van der Waals surface area (Å²) in [6.07, 6.45) is 3.38. The molecular formula is C30H47N6O2Si2+. The molecule has 0 aliphatic heterocycles. The first kappa shape index (κ1) is 29.1. The van der Waals surface area contributed by atoms with Gasteiger partial charge in [-0.3, -0.25) is 0 Å². The highest BCUT2D eigenvalue weighted by molar-refractivity contribution is 6.76. The van der Waals surface area contributed by atoms with E-state index in [0.717, 1.165) is 72.3 Å². The monoisotopic (exact) mass is 579 g/mol. The third kappa shape index (κ3) is 6.08. The van der Waals surface area contributed by atoms with E-state index in [9.17, 15) is 5.26 Å². The average molecular weight is 580 g/mol. The summed E-state index contributed by atoms with van der Waals surface area (Å²) in [5.74, 6) is 1.66. The van der Waals surface area contributed by atoms with Gasteiger partial charge < -0.3 is 14.8 Å². The summed E-state index contributed by atoms with van der Waals surface area (Å²) in [5, 5.41) is 18.2. The van der Waals surface area contributed by atoms with Crippen LogP contribution in [0.1, 0.15) is 30.2 Å². The number of H-pyrrole nitrogens is 1. The number of fused-ring (bicyclic) bond motifs is 3. The molecule has 5 rings (SSSR count). The van der Waals surface area contributed by atoms with Crippen LogP contribution in [0, 0.1) is 22.7 Å². The van der Waals surface area contributed by atoms with Crippen molar-refractivity contribution in [1.82, 2.24) is 14.8 Å². The second-order valence-corrected chi connectivity index (χ2v) is 25.8. The zero-order valence-electron chi connectivity index (χ0n) is 25.7. The van der Waals surface area contributed by atoms with Crippen LogP contribution < -0.4 is 9.88 Å². The Morgan fingerprint density at radius 2 is 1.85 bits per heavy atom. The van der Waals surface area contributed by atoms with Gasteiger partial charge in [0.15, 0.2) is 23.5 Å². The van der Waals surface area contributed by atoms with Crippen LogP contribution in [0.3, 0.4) is 0 Å². The lowest BCUT2D eigenvalue weighted by Gasteiger charge is -2.20. The highest BCUT2D eigenvalue weighted by atomic mass is 28.3. The maximum Gasteiger partial charge on any atom is 0.310 e. The van der Waals surface area contributed by atoms with Crippen LogP contribution in [0.5, 0.6) is 0 Å². The molecule has 2 aromatic heterocycles. The van der Waals surface area contributed by atoms with Crippen molar-refractivity contribution in [1.29, 1.82) is 5.26 Å². The van der Waals surface area contributed by atoms with Gasteiger partial charge in [0.2, 0.25) is 0 Å². The van der Waals surface area contributed by atoms with Crippen LogP contribution in [0.25, 0.3) is 22.6 Å². The predicted octanol–water partition coefficient (Wildman–Crippen LogP) is 5.98. The molecule has 3 aromatic rings. The summed E-state index contributed by atoms with van der Waals surface area (Å²) >= 11 is 0. The molecular weight excluding hydrogens is 533 g/mol. The second-order valence-electron chi connectivity index (χ2n) is 14.6. The molecule has 0 amide bonds. The van der Waals surface area contributed by atoms with Crippen molar-refractivity contribution in [3.05, 3.63) is 29.0 Å². The number of aromatic amines is 1. The number of anilines is 1. The molecule has 1 fully saturated rings. The van der Waals surface area contributed by atoms with Gasteiger partial charge in [0.05, 0.1) is 11.3 Å². The molecule has 0 unspecified atom stereocenters. The van der Waals surface area contributed by atoms with Gasteiger partial charge in [-0.1, -0.05) is 46.2 Å². The van der Waals surface area contributed by atoms with Crippen LogP contribution in [0.15, 0.2) is 12.1 Å². The highest BCUT2D eigenvalue weighted by Gasteiger charge is 2.54. The van der Waals surface area contributed by atoms with Gasteiger partial charge in [-0.25, -0.2) is 9.67 Å². The van der Waals surface area contributed by atoms with Crippen molar-refractivity contribution in [3.63, 3.8) is 0 Å². The van der Waals surface area contributed by atoms with Crippen molar-refractivity contribution in [2.24, 2.45) is 11.3 Å². The Labute approximate surface area is 241 Å². The Balaban J connectivity index is 1.54. The van der Waals surface area contributed by atoms with Crippen molar-refractivity contribution >= 4 is 32.9 Å². The van der Waals surface area contributed by atoms with Gasteiger partial charge >= 0.3 is 5.82 Å². The molecule has 2 aliphatic rings. The molecule has 2 aliphatic carbocycles. The Morgan fingerprint density at radius 3 is 2.50 bits per heavy atom. The number of rotatable bonds is 12. The minimum Gasteiger partial charge on any atom is -0.387 e. The lowest BCUT2D eigenvalue weighted by Crippen LogP contribution is -2.37. The molecule has 0 radical (unpaired) electrons. The lowest BCUT2D eigenvalue weighted by molar-refractivity contribution is -0.698. The van der Waals surface area contributed by atoms with Crippen LogP contribution in [0.4, 0.5) is 5.69 Å². The smallest absolute Gasteiger partial charge is 0.310 e. The van der Waals surface area contributed by atoms with Crippen molar-refractivity contribution in [2.45, 2.75) is 91.0 Å². The van der Waals surface area contributed by atoms with E-state index in [1.54, 1.807) is 0 Å². The number of benzene rings is 1. The molecule has 2 atom stereocenters. The van der Waals surface area contributed by atoms with E-state index in [0.29, 0.717) is 24.4 Å². The van der Waals surface area contributed by atoms with Crippen LogP contribution in [0.2, 0.25) is 51.4 Å². The largest absolute Gasteiger partial charge is 0.387 e. The number of nitrogens with one attached hydrogen (secondary N) is 2. The molecule has 10 heteroatoms. The molecule has 0 bridgehead atoms. The van der Waals surface area contributed by atoms with E-state index in [1.807, 2.05) is 19.2 Å². The SMILES string of the molecule is CNc1cc2[nH]c(-c3nn(COCC[Si](C)(C)C)c4c3C[C@@H]3C[C@]3(C)C4)[n+](COCC[Si](C)(C)C)c2cc1C#N. The minimum atomic E-state index is -1.21. The molecule has 1 aromatic carbocycles. The molecule has 2 N–H and O–H groups in total. The van der Waals surface area contributed by atoms with Gasteiger partial charge in [-0.15, -0.1) is 0 Å². The molecule has 2 heterocycles. The standard InChI is InChI=1S/C30H46N6O2Si2/c1-30-16-22(30)14-23-27(17-30)36(20-38-10-12-40(6,7)8)34-28(23)29-33-25-15-24(32-2)21(18-31)13-26(25)35(29)19-37-9-11-39(3,4)5/h13,15,22,32H,9-12,14,16-17,19-20H2,1-8H3/p+1/t22-,30-/m1/s1. The number of hydrogen-bond acceptors (Lipinski definition) is 5. The maximum atomic E-state index is 9.84. The molecule has 8 nitrogen and oxygen atoms in total.